The number of aryl methyl sites for hydroxylation is 1. The molecule has 0 amide bonds. The van der Waals surface area contributed by atoms with Gasteiger partial charge in [-0.1, -0.05) is 0 Å². The number of rotatable bonds is 2. The van der Waals surface area contributed by atoms with Crippen LogP contribution >= 0.6 is 0 Å². The van der Waals surface area contributed by atoms with Gasteiger partial charge in [0.25, 0.3) is 0 Å². The first-order valence-corrected chi connectivity index (χ1v) is 3.43. The molecule has 0 saturated heterocycles. The minimum atomic E-state index is -0.367. The standard InChI is InChI=1S/C7H10N2O2/c1-3-11-6-4-5(2)8-7(10)9-6/h4H,3H2,1-2H3,(H,8,9,10). The minimum absolute atomic E-state index is 0.367. The fourth-order valence-corrected chi connectivity index (χ4v) is 0.772. The molecule has 0 aromatic carbocycles. The molecule has 4 heteroatoms. The maximum Gasteiger partial charge on any atom is 0.348 e. The first-order valence-electron chi connectivity index (χ1n) is 3.43. The summed E-state index contributed by atoms with van der Waals surface area (Å²) in [7, 11) is 0. The smallest absolute Gasteiger partial charge is 0.348 e. The van der Waals surface area contributed by atoms with Crippen molar-refractivity contribution >= 4 is 0 Å². The molecule has 0 saturated carbocycles. The third kappa shape index (κ3) is 2.07. The Bertz CT molecular complexity index is 293. The first kappa shape index (κ1) is 7.78. The number of H-pyrrole nitrogens is 1. The highest BCUT2D eigenvalue weighted by molar-refractivity contribution is 5.11. The molecule has 60 valence electrons. The molecule has 1 rings (SSSR count). The fourth-order valence-electron chi connectivity index (χ4n) is 0.772. The topological polar surface area (TPSA) is 55.0 Å². The van der Waals surface area contributed by atoms with Gasteiger partial charge in [0.15, 0.2) is 0 Å². The van der Waals surface area contributed by atoms with E-state index in [1.165, 1.54) is 0 Å². The second kappa shape index (κ2) is 3.18. The SMILES string of the molecule is CCOc1cc(C)[nH]c(=O)n1. The molecule has 0 aliphatic rings. The lowest BCUT2D eigenvalue weighted by molar-refractivity contribution is 0.324. The lowest BCUT2D eigenvalue weighted by Crippen LogP contribution is -2.12. The Hall–Kier alpha value is -1.32. The van der Waals surface area contributed by atoms with Crippen molar-refractivity contribution < 1.29 is 4.74 Å². The number of hydrogen-bond donors (Lipinski definition) is 1. The molecule has 1 N–H and O–H groups in total. The Morgan fingerprint density at radius 1 is 1.73 bits per heavy atom. The molecule has 0 fully saturated rings. The van der Waals surface area contributed by atoms with E-state index in [1.807, 2.05) is 6.92 Å². The second-order valence-corrected chi connectivity index (χ2v) is 2.14. The Kier molecular flexibility index (Phi) is 2.25. The van der Waals surface area contributed by atoms with E-state index >= 15 is 0 Å². The maximum atomic E-state index is 10.7. The Morgan fingerprint density at radius 3 is 3.00 bits per heavy atom. The van der Waals surface area contributed by atoms with Gasteiger partial charge in [-0.15, -0.1) is 0 Å². The van der Waals surface area contributed by atoms with Crippen molar-refractivity contribution in [1.82, 2.24) is 9.97 Å². The van der Waals surface area contributed by atoms with Crippen molar-refractivity contribution in [2.24, 2.45) is 0 Å². The van der Waals surface area contributed by atoms with Gasteiger partial charge in [0.05, 0.1) is 6.61 Å². The lowest BCUT2D eigenvalue weighted by atomic mass is 10.4. The number of nitrogens with one attached hydrogen (secondary N) is 1. The highest BCUT2D eigenvalue weighted by Crippen LogP contribution is 2.02. The molecule has 1 heterocycles. The zero-order chi connectivity index (χ0) is 8.27. The van der Waals surface area contributed by atoms with Gasteiger partial charge in [-0.25, -0.2) is 4.79 Å². The second-order valence-electron chi connectivity index (χ2n) is 2.14. The van der Waals surface area contributed by atoms with Crippen LogP contribution in [0.1, 0.15) is 12.6 Å². The monoisotopic (exact) mass is 154 g/mol. The van der Waals surface area contributed by atoms with Gasteiger partial charge in [-0.05, 0) is 13.8 Å². The number of aromatic nitrogens is 2. The van der Waals surface area contributed by atoms with Crippen LogP contribution < -0.4 is 10.4 Å². The van der Waals surface area contributed by atoms with E-state index in [0.717, 1.165) is 5.69 Å². The summed E-state index contributed by atoms with van der Waals surface area (Å²) in [4.78, 5) is 16.9. The molecule has 0 bridgehead atoms. The van der Waals surface area contributed by atoms with Gasteiger partial charge >= 0.3 is 5.69 Å². The van der Waals surface area contributed by atoms with E-state index in [0.29, 0.717) is 12.5 Å². The van der Waals surface area contributed by atoms with Gasteiger partial charge < -0.3 is 9.72 Å². The molecule has 1 aromatic rings. The molecular formula is C7H10N2O2. The van der Waals surface area contributed by atoms with Crippen molar-refractivity contribution in [3.63, 3.8) is 0 Å². The number of hydrogen-bond acceptors (Lipinski definition) is 3. The molecule has 0 aliphatic heterocycles. The molecule has 0 radical (unpaired) electrons. The van der Waals surface area contributed by atoms with Crippen LogP contribution in [0.5, 0.6) is 5.88 Å². The number of nitrogens with zero attached hydrogens (tertiary/aromatic N) is 1. The maximum absolute atomic E-state index is 10.7. The Balaban J connectivity index is 2.99. The normalized spacial score (nSPS) is 9.64. The van der Waals surface area contributed by atoms with Gasteiger partial charge in [0.1, 0.15) is 0 Å². The first-order chi connectivity index (χ1) is 5.22. The highest BCUT2D eigenvalue weighted by atomic mass is 16.5. The van der Waals surface area contributed by atoms with Crippen LogP contribution in [0.3, 0.4) is 0 Å². The van der Waals surface area contributed by atoms with Crippen LogP contribution in [0, 0.1) is 6.92 Å². The molecule has 0 unspecified atom stereocenters. The summed E-state index contributed by atoms with van der Waals surface area (Å²) >= 11 is 0. The quantitative estimate of drug-likeness (QED) is 0.674. The van der Waals surface area contributed by atoms with Crippen molar-refractivity contribution in [1.29, 1.82) is 0 Å². The Morgan fingerprint density at radius 2 is 2.45 bits per heavy atom. The fraction of sp³-hybridized carbons (Fsp3) is 0.429. The van der Waals surface area contributed by atoms with Crippen molar-refractivity contribution in [2.45, 2.75) is 13.8 Å². The van der Waals surface area contributed by atoms with Crippen LogP contribution in [0.15, 0.2) is 10.9 Å². The van der Waals surface area contributed by atoms with Crippen LogP contribution in [0.2, 0.25) is 0 Å². The summed E-state index contributed by atoms with van der Waals surface area (Å²) in [5.74, 6) is 0.383. The lowest BCUT2D eigenvalue weighted by Gasteiger charge is -2.00. The summed E-state index contributed by atoms with van der Waals surface area (Å²) < 4.78 is 5.04. The average Bonchev–Trinajstić information content (AvgIpc) is 1.85. The zero-order valence-corrected chi connectivity index (χ0v) is 6.55. The number of ether oxygens (including phenoxy) is 1. The summed E-state index contributed by atoms with van der Waals surface area (Å²) in [5, 5.41) is 0. The summed E-state index contributed by atoms with van der Waals surface area (Å²) in [6, 6.07) is 1.69. The molecule has 0 aliphatic carbocycles. The average molecular weight is 154 g/mol. The van der Waals surface area contributed by atoms with E-state index in [2.05, 4.69) is 9.97 Å². The summed E-state index contributed by atoms with van der Waals surface area (Å²) in [6.07, 6.45) is 0. The molecule has 0 spiro atoms. The van der Waals surface area contributed by atoms with E-state index in [1.54, 1.807) is 13.0 Å². The third-order valence-corrected chi connectivity index (χ3v) is 1.15. The van der Waals surface area contributed by atoms with Crippen molar-refractivity contribution in [3.8, 4) is 5.88 Å². The van der Waals surface area contributed by atoms with Crippen LogP contribution in [0.4, 0.5) is 0 Å². The predicted molar refractivity (Wildman–Crippen MR) is 40.8 cm³/mol. The molecular weight excluding hydrogens is 144 g/mol. The van der Waals surface area contributed by atoms with Crippen molar-refractivity contribution in [2.75, 3.05) is 6.61 Å². The molecule has 11 heavy (non-hydrogen) atoms. The zero-order valence-electron chi connectivity index (χ0n) is 6.55. The van der Waals surface area contributed by atoms with E-state index in [9.17, 15) is 4.79 Å². The van der Waals surface area contributed by atoms with E-state index < -0.39 is 0 Å². The van der Waals surface area contributed by atoms with Crippen LogP contribution in [0.25, 0.3) is 0 Å². The van der Waals surface area contributed by atoms with Crippen LogP contribution in [-0.4, -0.2) is 16.6 Å². The van der Waals surface area contributed by atoms with E-state index in [-0.39, 0.29) is 5.69 Å². The van der Waals surface area contributed by atoms with Gasteiger partial charge in [-0.2, -0.15) is 4.98 Å². The highest BCUT2D eigenvalue weighted by Gasteiger charge is 1.95. The largest absolute Gasteiger partial charge is 0.478 e. The van der Waals surface area contributed by atoms with Gasteiger partial charge in [0, 0.05) is 11.8 Å². The molecule has 4 nitrogen and oxygen atoms in total. The summed E-state index contributed by atoms with van der Waals surface area (Å²) in [6.45, 7) is 4.15. The van der Waals surface area contributed by atoms with Gasteiger partial charge in [0.2, 0.25) is 5.88 Å². The molecule has 1 aromatic heterocycles. The van der Waals surface area contributed by atoms with E-state index in [4.69, 9.17) is 4.74 Å². The van der Waals surface area contributed by atoms with Gasteiger partial charge in [-0.3, -0.25) is 0 Å². The minimum Gasteiger partial charge on any atom is -0.478 e. The number of aromatic amines is 1. The summed E-state index contributed by atoms with van der Waals surface area (Å²) in [5.41, 5.74) is 0.391. The predicted octanol–water partition coefficient (Wildman–Crippen LogP) is 0.477. The van der Waals surface area contributed by atoms with Crippen LogP contribution in [-0.2, 0) is 0 Å². The third-order valence-electron chi connectivity index (χ3n) is 1.15. The molecule has 0 atom stereocenters. The Labute approximate surface area is 64.2 Å². The van der Waals surface area contributed by atoms with Crippen molar-refractivity contribution in [3.05, 3.63) is 22.2 Å².